The molecule has 1 aliphatic rings. The molecule has 0 aromatic carbocycles. The van der Waals surface area contributed by atoms with Gasteiger partial charge in [0.05, 0.1) is 18.8 Å². The summed E-state index contributed by atoms with van der Waals surface area (Å²) >= 11 is 0. The van der Waals surface area contributed by atoms with Crippen LogP contribution in [0.1, 0.15) is 38.5 Å². The van der Waals surface area contributed by atoms with Crippen molar-refractivity contribution in [1.29, 1.82) is 0 Å². The molecule has 1 aliphatic carbocycles. The predicted octanol–water partition coefficient (Wildman–Crippen LogP) is 0.947. The van der Waals surface area contributed by atoms with Gasteiger partial charge in [-0.15, -0.1) is 0 Å². The van der Waals surface area contributed by atoms with Crippen molar-refractivity contribution in [1.82, 2.24) is 0 Å². The van der Waals surface area contributed by atoms with Gasteiger partial charge in [0.1, 0.15) is 0 Å². The van der Waals surface area contributed by atoms with Crippen LogP contribution in [-0.2, 0) is 0 Å². The SMILES string of the molecule is N[C@@H](CO)[C@H](O)/C1=C\CCCCCC1. The third-order valence-corrected chi connectivity index (χ3v) is 2.82. The second kappa shape index (κ2) is 6.17. The highest BCUT2D eigenvalue weighted by Crippen LogP contribution is 2.20. The molecule has 0 aromatic heterocycles. The molecule has 0 spiro atoms. The number of rotatable bonds is 3. The molecule has 14 heavy (non-hydrogen) atoms. The molecular formula is C11H21NO2. The average Bonchev–Trinajstić information content (AvgIpc) is 2.15. The Labute approximate surface area is 85.6 Å². The van der Waals surface area contributed by atoms with E-state index in [-0.39, 0.29) is 6.61 Å². The summed E-state index contributed by atoms with van der Waals surface area (Å²) in [5.41, 5.74) is 6.62. The van der Waals surface area contributed by atoms with Gasteiger partial charge in [0.15, 0.2) is 0 Å². The zero-order chi connectivity index (χ0) is 10.4. The lowest BCUT2D eigenvalue weighted by molar-refractivity contribution is 0.132. The molecule has 0 saturated carbocycles. The van der Waals surface area contributed by atoms with Gasteiger partial charge < -0.3 is 15.9 Å². The number of allylic oxidation sites excluding steroid dienone is 1. The van der Waals surface area contributed by atoms with Crippen molar-refractivity contribution >= 4 is 0 Å². The first-order valence-corrected chi connectivity index (χ1v) is 5.49. The van der Waals surface area contributed by atoms with E-state index in [0.717, 1.165) is 24.8 Å². The van der Waals surface area contributed by atoms with Gasteiger partial charge in [-0.05, 0) is 31.3 Å². The molecule has 4 N–H and O–H groups in total. The maximum atomic E-state index is 9.81. The molecule has 0 aromatic rings. The van der Waals surface area contributed by atoms with Crippen molar-refractivity contribution in [2.24, 2.45) is 5.73 Å². The summed E-state index contributed by atoms with van der Waals surface area (Å²) in [6.45, 7) is -0.154. The van der Waals surface area contributed by atoms with Crippen LogP contribution in [0.2, 0.25) is 0 Å². The topological polar surface area (TPSA) is 66.5 Å². The molecule has 1 rings (SSSR count). The summed E-state index contributed by atoms with van der Waals surface area (Å²) in [4.78, 5) is 0. The number of aliphatic hydroxyl groups excluding tert-OH is 2. The van der Waals surface area contributed by atoms with Crippen LogP contribution < -0.4 is 5.73 Å². The molecule has 0 bridgehead atoms. The fourth-order valence-corrected chi connectivity index (χ4v) is 1.86. The predicted molar refractivity (Wildman–Crippen MR) is 56.9 cm³/mol. The van der Waals surface area contributed by atoms with Crippen LogP contribution in [0.15, 0.2) is 11.6 Å². The fourth-order valence-electron chi connectivity index (χ4n) is 1.86. The second-order valence-electron chi connectivity index (χ2n) is 4.02. The Hall–Kier alpha value is -0.380. The zero-order valence-electron chi connectivity index (χ0n) is 8.65. The van der Waals surface area contributed by atoms with Gasteiger partial charge in [-0.1, -0.05) is 18.9 Å². The molecule has 3 heteroatoms. The van der Waals surface area contributed by atoms with Crippen LogP contribution in [0.5, 0.6) is 0 Å². The minimum absolute atomic E-state index is 0.154. The largest absolute Gasteiger partial charge is 0.395 e. The van der Waals surface area contributed by atoms with Crippen molar-refractivity contribution in [2.75, 3.05) is 6.61 Å². The molecule has 0 aliphatic heterocycles. The van der Waals surface area contributed by atoms with E-state index in [9.17, 15) is 5.11 Å². The van der Waals surface area contributed by atoms with Crippen LogP contribution >= 0.6 is 0 Å². The number of aliphatic hydroxyl groups is 2. The maximum absolute atomic E-state index is 9.81. The normalized spacial score (nSPS) is 26.9. The van der Waals surface area contributed by atoms with E-state index in [1.807, 2.05) is 0 Å². The van der Waals surface area contributed by atoms with Crippen LogP contribution in [0.4, 0.5) is 0 Å². The summed E-state index contributed by atoms with van der Waals surface area (Å²) in [6.07, 6.45) is 8.24. The molecule has 2 atom stereocenters. The third-order valence-electron chi connectivity index (χ3n) is 2.82. The molecule has 3 nitrogen and oxygen atoms in total. The first kappa shape index (κ1) is 11.7. The van der Waals surface area contributed by atoms with Crippen molar-refractivity contribution < 1.29 is 10.2 Å². The molecule has 0 heterocycles. The van der Waals surface area contributed by atoms with E-state index >= 15 is 0 Å². The van der Waals surface area contributed by atoms with E-state index in [4.69, 9.17) is 10.8 Å². The van der Waals surface area contributed by atoms with E-state index in [1.165, 1.54) is 19.3 Å². The highest BCUT2D eigenvalue weighted by atomic mass is 16.3. The van der Waals surface area contributed by atoms with Crippen molar-refractivity contribution in [2.45, 2.75) is 50.7 Å². The fraction of sp³-hybridized carbons (Fsp3) is 0.818. The molecule has 0 saturated heterocycles. The lowest BCUT2D eigenvalue weighted by Crippen LogP contribution is -2.39. The number of nitrogens with two attached hydrogens (primary N) is 1. The minimum atomic E-state index is -0.655. The minimum Gasteiger partial charge on any atom is -0.395 e. The van der Waals surface area contributed by atoms with E-state index in [0.29, 0.717) is 0 Å². The highest BCUT2D eigenvalue weighted by molar-refractivity contribution is 5.11. The third kappa shape index (κ3) is 3.40. The van der Waals surface area contributed by atoms with Crippen molar-refractivity contribution in [3.05, 3.63) is 11.6 Å². The number of hydrogen-bond donors (Lipinski definition) is 3. The Morgan fingerprint density at radius 1 is 1.29 bits per heavy atom. The quantitative estimate of drug-likeness (QED) is 0.593. The molecule has 82 valence electrons. The summed E-state index contributed by atoms with van der Waals surface area (Å²) in [5, 5.41) is 18.7. The highest BCUT2D eigenvalue weighted by Gasteiger charge is 2.18. The summed E-state index contributed by atoms with van der Waals surface area (Å²) in [7, 11) is 0. The lowest BCUT2D eigenvalue weighted by atomic mass is 9.93. The van der Waals surface area contributed by atoms with Crippen molar-refractivity contribution in [3.63, 3.8) is 0 Å². The van der Waals surface area contributed by atoms with Gasteiger partial charge >= 0.3 is 0 Å². The lowest BCUT2D eigenvalue weighted by Gasteiger charge is -2.21. The Morgan fingerprint density at radius 3 is 2.71 bits per heavy atom. The first-order valence-electron chi connectivity index (χ1n) is 5.49. The Kier molecular flexibility index (Phi) is 5.15. The maximum Gasteiger partial charge on any atom is 0.0923 e. The molecule has 0 radical (unpaired) electrons. The Bertz CT molecular complexity index is 192. The second-order valence-corrected chi connectivity index (χ2v) is 4.02. The van der Waals surface area contributed by atoms with E-state index < -0.39 is 12.1 Å². The van der Waals surface area contributed by atoms with Gasteiger partial charge in [0, 0.05) is 0 Å². The van der Waals surface area contributed by atoms with Gasteiger partial charge in [-0.25, -0.2) is 0 Å². The zero-order valence-corrected chi connectivity index (χ0v) is 8.65. The van der Waals surface area contributed by atoms with Gasteiger partial charge in [-0.2, -0.15) is 0 Å². The van der Waals surface area contributed by atoms with Crippen LogP contribution in [0, 0.1) is 0 Å². The molecular weight excluding hydrogens is 178 g/mol. The number of hydrogen-bond acceptors (Lipinski definition) is 3. The van der Waals surface area contributed by atoms with Gasteiger partial charge in [0.25, 0.3) is 0 Å². The molecule has 0 fully saturated rings. The standard InChI is InChI=1S/C11H21NO2/c12-10(8-13)11(14)9-6-4-2-1-3-5-7-9/h6,10-11,13-14H,1-5,7-8,12H2/b9-6-/t10-,11+/m0/s1. The summed E-state index contributed by atoms with van der Waals surface area (Å²) < 4.78 is 0. The molecule has 0 amide bonds. The average molecular weight is 199 g/mol. The Morgan fingerprint density at radius 2 is 2.00 bits per heavy atom. The summed E-state index contributed by atoms with van der Waals surface area (Å²) in [5.74, 6) is 0. The van der Waals surface area contributed by atoms with Gasteiger partial charge in [-0.3, -0.25) is 0 Å². The smallest absolute Gasteiger partial charge is 0.0923 e. The van der Waals surface area contributed by atoms with Crippen LogP contribution in [0.3, 0.4) is 0 Å². The van der Waals surface area contributed by atoms with E-state index in [1.54, 1.807) is 0 Å². The first-order chi connectivity index (χ1) is 6.75. The van der Waals surface area contributed by atoms with Gasteiger partial charge in [0.2, 0.25) is 0 Å². The summed E-state index contributed by atoms with van der Waals surface area (Å²) in [6, 6.07) is -0.527. The van der Waals surface area contributed by atoms with Crippen molar-refractivity contribution in [3.8, 4) is 0 Å². The van der Waals surface area contributed by atoms with Crippen LogP contribution in [-0.4, -0.2) is 29.0 Å². The van der Waals surface area contributed by atoms with Crippen LogP contribution in [0.25, 0.3) is 0 Å². The Balaban J connectivity index is 2.53. The molecule has 0 unspecified atom stereocenters. The van der Waals surface area contributed by atoms with E-state index in [2.05, 4.69) is 6.08 Å². The monoisotopic (exact) mass is 199 g/mol.